The summed E-state index contributed by atoms with van der Waals surface area (Å²) in [4.78, 5) is 12.0. The molecule has 0 bridgehead atoms. The van der Waals surface area contributed by atoms with E-state index in [0.29, 0.717) is 5.02 Å². The molecule has 0 aliphatic heterocycles. The summed E-state index contributed by atoms with van der Waals surface area (Å²) in [6.07, 6.45) is 2.78. The molecule has 5 heteroatoms. The fourth-order valence-corrected chi connectivity index (χ4v) is 2.46. The number of halogens is 2. The molecule has 1 saturated carbocycles. The molecule has 1 fully saturated rings. The first-order chi connectivity index (χ1) is 8.61. The van der Waals surface area contributed by atoms with Crippen LogP contribution >= 0.6 is 11.6 Å². The molecule has 1 aliphatic carbocycles. The van der Waals surface area contributed by atoms with E-state index in [1.54, 1.807) is 7.11 Å². The first kappa shape index (κ1) is 13.3. The Morgan fingerprint density at radius 3 is 3.00 bits per heavy atom. The summed E-state index contributed by atoms with van der Waals surface area (Å²) in [5.41, 5.74) is -0.0238. The smallest absolute Gasteiger partial charge is 0.254 e. The third kappa shape index (κ3) is 2.82. The van der Waals surface area contributed by atoms with Crippen molar-refractivity contribution in [2.45, 2.75) is 31.4 Å². The predicted molar refractivity (Wildman–Crippen MR) is 67.3 cm³/mol. The number of amides is 1. The van der Waals surface area contributed by atoms with E-state index < -0.39 is 11.7 Å². The van der Waals surface area contributed by atoms with E-state index in [1.807, 2.05) is 0 Å². The summed E-state index contributed by atoms with van der Waals surface area (Å²) in [6.45, 7) is 0. The average Bonchev–Trinajstić information content (AvgIpc) is 2.79. The lowest BCUT2D eigenvalue weighted by Gasteiger charge is -2.19. The molecule has 2 unspecified atom stereocenters. The average molecular weight is 272 g/mol. The normalized spacial score (nSPS) is 23.1. The van der Waals surface area contributed by atoms with Crippen LogP contribution in [0.5, 0.6) is 0 Å². The van der Waals surface area contributed by atoms with Crippen LogP contribution in [0.25, 0.3) is 0 Å². The third-order valence-electron chi connectivity index (χ3n) is 3.24. The van der Waals surface area contributed by atoms with Gasteiger partial charge in [0.1, 0.15) is 5.82 Å². The van der Waals surface area contributed by atoms with Gasteiger partial charge in [-0.05, 0) is 37.5 Å². The zero-order valence-corrected chi connectivity index (χ0v) is 10.8. The molecule has 2 rings (SSSR count). The lowest BCUT2D eigenvalue weighted by molar-refractivity contribution is 0.0720. The zero-order valence-electron chi connectivity index (χ0n) is 10.1. The van der Waals surface area contributed by atoms with Crippen molar-refractivity contribution in [2.24, 2.45) is 0 Å². The second-order valence-electron chi connectivity index (χ2n) is 4.41. The van der Waals surface area contributed by atoms with E-state index in [1.165, 1.54) is 18.2 Å². The fraction of sp³-hybridized carbons (Fsp3) is 0.462. The minimum atomic E-state index is -0.566. The van der Waals surface area contributed by atoms with Crippen molar-refractivity contribution < 1.29 is 13.9 Å². The molecule has 18 heavy (non-hydrogen) atoms. The topological polar surface area (TPSA) is 38.3 Å². The van der Waals surface area contributed by atoms with E-state index in [-0.39, 0.29) is 17.7 Å². The Morgan fingerprint density at radius 2 is 2.28 bits per heavy atom. The maximum absolute atomic E-state index is 13.5. The Labute approximate surface area is 110 Å². The molecule has 0 heterocycles. The van der Waals surface area contributed by atoms with E-state index in [9.17, 15) is 9.18 Å². The maximum atomic E-state index is 13.5. The Bertz CT molecular complexity index is 453. The molecule has 0 aromatic heterocycles. The van der Waals surface area contributed by atoms with Gasteiger partial charge in [-0.25, -0.2) is 4.39 Å². The van der Waals surface area contributed by atoms with Crippen LogP contribution in [0.1, 0.15) is 29.6 Å². The van der Waals surface area contributed by atoms with Gasteiger partial charge in [-0.2, -0.15) is 0 Å². The van der Waals surface area contributed by atoms with Gasteiger partial charge in [0.15, 0.2) is 0 Å². The van der Waals surface area contributed by atoms with Gasteiger partial charge in [-0.1, -0.05) is 11.6 Å². The van der Waals surface area contributed by atoms with Crippen LogP contribution < -0.4 is 5.32 Å². The van der Waals surface area contributed by atoms with Gasteiger partial charge in [0.2, 0.25) is 0 Å². The number of ether oxygens (including phenoxy) is 1. The maximum Gasteiger partial charge on any atom is 0.254 e. The second kappa shape index (κ2) is 5.67. The Balaban J connectivity index is 2.09. The van der Waals surface area contributed by atoms with Gasteiger partial charge in [-0.15, -0.1) is 0 Å². The minimum Gasteiger partial charge on any atom is -0.379 e. The first-order valence-electron chi connectivity index (χ1n) is 5.90. The van der Waals surface area contributed by atoms with Crippen LogP contribution in [0.3, 0.4) is 0 Å². The number of rotatable bonds is 3. The van der Waals surface area contributed by atoms with Crippen molar-refractivity contribution >= 4 is 17.5 Å². The number of carbonyl (C=O) groups excluding carboxylic acids is 1. The second-order valence-corrected chi connectivity index (χ2v) is 4.85. The van der Waals surface area contributed by atoms with Crippen molar-refractivity contribution in [3.8, 4) is 0 Å². The summed E-state index contributed by atoms with van der Waals surface area (Å²) in [7, 11) is 1.62. The molecule has 0 spiro atoms. The van der Waals surface area contributed by atoms with Crippen molar-refractivity contribution in [1.29, 1.82) is 0 Å². The van der Waals surface area contributed by atoms with E-state index in [2.05, 4.69) is 5.32 Å². The van der Waals surface area contributed by atoms with Crippen LogP contribution in [0.4, 0.5) is 4.39 Å². The summed E-state index contributed by atoms with van der Waals surface area (Å²) in [5.74, 6) is -1.01. The molecule has 98 valence electrons. The van der Waals surface area contributed by atoms with Crippen molar-refractivity contribution in [3.05, 3.63) is 34.6 Å². The van der Waals surface area contributed by atoms with Crippen LogP contribution in [0, 0.1) is 5.82 Å². The molecular formula is C13H15ClFNO2. The molecule has 1 aromatic rings. The quantitative estimate of drug-likeness (QED) is 0.918. The van der Waals surface area contributed by atoms with Gasteiger partial charge in [0.05, 0.1) is 17.7 Å². The lowest BCUT2D eigenvalue weighted by atomic mass is 10.1. The van der Waals surface area contributed by atoms with Gasteiger partial charge >= 0.3 is 0 Å². The molecule has 2 atom stereocenters. The van der Waals surface area contributed by atoms with Crippen LogP contribution in [0.15, 0.2) is 18.2 Å². The predicted octanol–water partition coefficient (Wildman–Crippen LogP) is 2.78. The standard InChI is InChI=1S/C13H15ClFNO2/c1-18-12-4-2-3-11(12)16-13(17)9-7-8(14)5-6-10(9)15/h5-7,11-12H,2-4H2,1H3,(H,16,17). The highest BCUT2D eigenvalue weighted by atomic mass is 35.5. The highest BCUT2D eigenvalue weighted by Gasteiger charge is 2.29. The van der Waals surface area contributed by atoms with Gasteiger partial charge in [-0.3, -0.25) is 4.79 Å². The Kier molecular flexibility index (Phi) is 4.19. The van der Waals surface area contributed by atoms with Gasteiger partial charge in [0.25, 0.3) is 5.91 Å². The van der Waals surface area contributed by atoms with Crippen LogP contribution in [0.2, 0.25) is 5.02 Å². The largest absolute Gasteiger partial charge is 0.379 e. The molecule has 1 amide bonds. The van der Waals surface area contributed by atoms with Crippen molar-refractivity contribution in [1.82, 2.24) is 5.32 Å². The van der Waals surface area contributed by atoms with E-state index >= 15 is 0 Å². The van der Waals surface area contributed by atoms with Crippen LogP contribution in [-0.4, -0.2) is 25.2 Å². The fourth-order valence-electron chi connectivity index (χ4n) is 2.29. The lowest BCUT2D eigenvalue weighted by Crippen LogP contribution is -2.41. The number of carbonyl (C=O) groups is 1. The summed E-state index contributed by atoms with van der Waals surface area (Å²) >= 11 is 5.76. The number of methoxy groups -OCH3 is 1. The SMILES string of the molecule is COC1CCCC1NC(=O)c1cc(Cl)ccc1F. The van der Waals surface area contributed by atoms with Gasteiger partial charge < -0.3 is 10.1 Å². The summed E-state index contributed by atoms with van der Waals surface area (Å²) in [5, 5.41) is 3.15. The minimum absolute atomic E-state index is 0.0104. The highest BCUT2D eigenvalue weighted by molar-refractivity contribution is 6.31. The van der Waals surface area contributed by atoms with Crippen molar-refractivity contribution in [2.75, 3.05) is 7.11 Å². The number of nitrogens with one attached hydrogen (secondary N) is 1. The van der Waals surface area contributed by atoms with E-state index in [4.69, 9.17) is 16.3 Å². The third-order valence-corrected chi connectivity index (χ3v) is 3.48. The molecule has 1 aliphatic rings. The Morgan fingerprint density at radius 1 is 1.50 bits per heavy atom. The van der Waals surface area contributed by atoms with E-state index in [0.717, 1.165) is 19.3 Å². The van der Waals surface area contributed by atoms with Crippen LogP contribution in [-0.2, 0) is 4.74 Å². The molecule has 0 radical (unpaired) electrons. The zero-order chi connectivity index (χ0) is 13.1. The first-order valence-corrected chi connectivity index (χ1v) is 6.28. The van der Waals surface area contributed by atoms with Gasteiger partial charge in [0, 0.05) is 12.1 Å². The monoisotopic (exact) mass is 271 g/mol. The summed E-state index contributed by atoms with van der Waals surface area (Å²) in [6, 6.07) is 3.89. The highest BCUT2D eigenvalue weighted by Crippen LogP contribution is 2.22. The molecular weight excluding hydrogens is 257 g/mol. The number of benzene rings is 1. The van der Waals surface area contributed by atoms with Crippen molar-refractivity contribution in [3.63, 3.8) is 0 Å². The molecule has 1 aromatic carbocycles. The molecule has 3 nitrogen and oxygen atoms in total. The Hall–Kier alpha value is -1.13. The molecule has 1 N–H and O–H groups in total. The summed E-state index contributed by atoms with van der Waals surface area (Å²) < 4.78 is 18.8. The number of hydrogen-bond donors (Lipinski definition) is 1. The molecule has 0 saturated heterocycles. The number of hydrogen-bond acceptors (Lipinski definition) is 2.